The van der Waals surface area contributed by atoms with Crippen LogP contribution in [0.5, 0.6) is 5.88 Å². The number of halogens is 3. The van der Waals surface area contributed by atoms with Gasteiger partial charge in [-0.25, -0.2) is 4.79 Å². The number of hydrogen-bond donors (Lipinski definition) is 3. The third-order valence-corrected chi connectivity index (χ3v) is 6.83. The first-order chi connectivity index (χ1) is 19.3. The number of aryl methyl sites for hydroxylation is 3. The first kappa shape index (κ1) is 27.5. The summed E-state index contributed by atoms with van der Waals surface area (Å²) in [6.45, 7) is 5.57. The largest absolute Gasteiger partial charge is 0.494 e. The molecule has 0 saturated carbocycles. The van der Waals surface area contributed by atoms with E-state index in [2.05, 4.69) is 4.99 Å². The van der Waals surface area contributed by atoms with Crippen molar-refractivity contribution in [1.82, 2.24) is 4.57 Å². The molecule has 208 valence electrons. The summed E-state index contributed by atoms with van der Waals surface area (Å²) in [5.41, 5.74) is 11.0. The number of carboxylic acid groups (broad SMARTS) is 1. The fraction of sp³-hybridized carbons (Fsp3) is 0.125. The van der Waals surface area contributed by atoms with E-state index < -0.39 is 17.7 Å². The normalized spacial score (nSPS) is 12.0. The van der Waals surface area contributed by atoms with Crippen molar-refractivity contribution in [1.29, 1.82) is 0 Å². The molecule has 0 unspecified atom stereocenters. The van der Waals surface area contributed by atoms with E-state index in [0.717, 1.165) is 28.8 Å². The summed E-state index contributed by atoms with van der Waals surface area (Å²) < 4.78 is 42.3. The second-order valence-corrected chi connectivity index (χ2v) is 10.0. The van der Waals surface area contributed by atoms with Crippen LogP contribution in [0, 0.1) is 20.8 Å². The first-order valence-corrected chi connectivity index (χ1v) is 12.6. The van der Waals surface area contributed by atoms with Crippen molar-refractivity contribution < 1.29 is 28.2 Å². The fourth-order valence-electron chi connectivity index (χ4n) is 5.02. The number of nitrogens with two attached hydrogens (primary N) is 1. The molecule has 1 heterocycles. The zero-order valence-corrected chi connectivity index (χ0v) is 22.4. The van der Waals surface area contributed by atoms with Crippen molar-refractivity contribution in [2.45, 2.75) is 26.9 Å². The maximum Gasteiger partial charge on any atom is 0.416 e. The molecule has 6 nitrogen and oxygen atoms in total. The van der Waals surface area contributed by atoms with E-state index in [4.69, 9.17) is 5.73 Å². The molecule has 0 saturated heterocycles. The highest BCUT2D eigenvalue weighted by molar-refractivity contribution is 6.05. The summed E-state index contributed by atoms with van der Waals surface area (Å²) in [4.78, 5) is 16.0. The molecule has 9 heteroatoms. The summed E-state index contributed by atoms with van der Waals surface area (Å²) in [5.74, 6) is -1.34. The monoisotopic (exact) mass is 557 g/mol. The van der Waals surface area contributed by atoms with Crippen molar-refractivity contribution in [2.24, 2.45) is 4.99 Å². The van der Waals surface area contributed by atoms with Gasteiger partial charge in [-0.1, -0.05) is 24.3 Å². The summed E-state index contributed by atoms with van der Waals surface area (Å²) in [7, 11) is 0. The molecule has 0 atom stereocenters. The molecule has 5 rings (SSSR count). The number of aromatic carboxylic acids is 1. The molecular formula is C32H26F3N3O3. The van der Waals surface area contributed by atoms with E-state index >= 15 is 0 Å². The lowest BCUT2D eigenvalue weighted by molar-refractivity contribution is -0.137. The zero-order chi connectivity index (χ0) is 29.6. The van der Waals surface area contributed by atoms with Gasteiger partial charge in [0.1, 0.15) is 0 Å². The molecule has 0 fully saturated rings. The van der Waals surface area contributed by atoms with Gasteiger partial charge in [-0.15, -0.1) is 0 Å². The average Bonchev–Trinajstić information content (AvgIpc) is 3.18. The van der Waals surface area contributed by atoms with Gasteiger partial charge in [0.2, 0.25) is 5.88 Å². The van der Waals surface area contributed by atoms with Crippen LogP contribution in [0.3, 0.4) is 0 Å². The van der Waals surface area contributed by atoms with E-state index in [1.165, 1.54) is 29.0 Å². The number of nitrogens with zero attached hydrogens (tertiary/aromatic N) is 2. The highest BCUT2D eigenvalue weighted by Crippen LogP contribution is 2.40. The smallest absolute Gasteiger partial charge is 0.416 e. The number of nitrogen functional groups attached to an aromatic ring is 1. The molecule has 0 radical (unpaired) electrons. The zero-order valence-electron chi connectivity index (χ0n) is 22.4. The number of hydrogen-bond acceptors (Lipinski definition) is 4. The van der Waals surface area contributed by atoms with Crippen LogP contribution >= 0.6 is 0 Å². The van der Waals surface area contributed by atoms with Gasteiger partial charge in [-0.05, 0) is 91.6 Å². The summed E-state index contributed by atoms with van der Waals surface area (Å²) >= 11 is 0. The standard InChI is InChI=1S/C32H26F3N3O3/c1-17-9-18(2)11-23(10-17)38-28-15-22(32(33,34)35)7-8-24(28)26(30(38)39)16-37-27-13-19(3)12-25(29(27)36)20-5-4-6-21(14-20)31(40)41/h4-16,39H,36H2,1-3H3,(H,40,41). The van der Waals surface area contributed by atoms with E-state index in [9.17, 15) is 28.2 Å². The van der Waals surface area contributed by atoms with E-state index in [0.29, 0.717) is 27.9 Å². The number of aliphatic imine (C=N–C) groups is 1. The van der Waals surface area contributed by atoms with Crippen molar-refractivity contribution in [3.8, 4) is 22.7 Å². The van der Waals surface area contributed by atoms with Gasteiger partial charge in [-0.3, -0.25) is 9.56 Å². The molecule has 0 aliphatic carbocycles. The number of benzene rings is 4. The highest BCUT2D eigenvalue weighted by atomic mass is 19.4. The van der Waals surface area contributed by atoms with Crippen molar-refractivity contribution in [3.63, 3.8) is 0 Å². The highest BCUT2D eigenvalue weighted by Gasteiger charge is 2.31. The van der Waals surface area contributed by atoms with Gasteiger partial charge in [0.05, 0.1) is 33.6 Å². The van der Waals surface area contributed by atoms with Crippen LogP contribution in [0.15, 0.2) is 77.8 Å². The molecular weight excluding hydrogens is 531 g/mol. The van der Waals surface area contributed by atoms with E-state index in [1.54, 1.807) is 30.3 Å². The minimum absolute atomic E-state index is 0.107. The van der Waals surface area contributed by atoms with E-state index in [1.807, 2.05) is 32.9 Å². The number of carbonyl (C=O) groups is 1. The minimum Gasteiger partial charge on any atom is -0.494 e. The Morgan fingerprint density at radius 2 is 1.61 bits per heavy atom. The lowest BCUT2D eigenvalue weighted by Crippen LogP contribution is -2.05. The Balaban J connectivity index is 1.69. The van der Waals surface area contributed by atoms with Crippen molar-refractivity contribution >= 4 is 34.5 Å². The Kier molecular flexibility index (Phi) is 6.82. The van der Waals surface area contributed by atoms with Crippen LogP contribution < -0.4 is 5.73 Å². The fourth-order valence-corrected chi connectivity index (χ4v) is 5.02. The molecule has 41 heavy (non-hydrogen) atoms. The summed E-state index contributed by atoms with van der Waals surface area (Å²) in [5, 5.41) is 21.1. The molecule has 0 spiro atoms. The molecule has 4 aromatic carbocycles. The lowest BCUT2D eigenvalue weighted by atomic mass is 9.98. The molecule has 0 bridgehead atoms. The Morgan fingerprint density at radius 3 is 2.27 bits per heavy atom. The van der Waals surface area contributed by atoms with Gasteiger partial charge in [0.25, 0.3) is 0 Å². The number of aromatic hydroxyl groups is 1. The van der Waals surface area contributed by atoms with Gasteiger partial charge < -0.3 is 15.9 Å². The summed E-state index contributed by atoms with van der Waals surface area (Å²) in [6.07, 6.45) is -3.19. The van der Waals surface area contributed by atoms with E-state index in [-0.39, 0.29) is 28.2 Å². The Hall–Kier alpha value is -5.05. The van der Waals surface area contributed by atoms with Crippen LogP contribution in [0.25, 0.3) is 27.7 Å². The Bertz CT molecular complexity index is 1850. The minimum atomic E-state index is -4.57. The average molecular weight is 558 g/mol. The molecule has 0 aliphatic heterocycles. The number of rotatable bonds is 5. The topological polar surface area (TPSA) is 101 Å². The van der Waals surface area contributed by atoms with Crippen LogP contribution in [0.2, 0.25) is 0 Å². The second-order valence-electron chi connectivity index (χ2n) is 10.0. The molecule has 4 N–H and O–H groups in total. The number of anilines is 1. The SMILES string of the molecule is Cc1cc(C)cc(-n2c(O)c(C=Nc3cc(C)cc(-c4cccc(C(=O)O)c4)c3N)c3ccc(C(F)(F)F)cc32)c1. The van der Waals surface area contributed by atoms with Gasteiger partial charge in [0.15, 0.2) is 0 Å². The molecule has 5 aromatic rings. The number of carboxylic acids is 1. The second kappa shape index (κ2) is 10.2. The number of alkyl halides is 3. The van der Waals surface area contributed by atoms with Gasteiger partial charge in [-0.2, -0.15) is 13.2 Å². The molecule has 0 amide bonds. The predicted octanol–water partition coefficient (Wildman–Crippen LogP) is 7.98. The first-order valence-electron chi connectivity index (χ1n) is 12.6. The number of fused-ring (bicyclic) bond motifs is 1. The maximum atomic E-state index is 13.6. The predicted molar refractivity (Wildman–Crippen MR) is 155 cm³/mol. The molecule has 0 aliphatic rings. The van der Waals surface area contributed by atoms with Gasteiger partial charge in [0, 0.05) is 22.9 Å². The Labute approximate surface area is 233 Å². The van der Waals surface area contributed by atoms with Crippen LogP contribution in [0.1, 0.15) is 38.2 Å². The van der Waals surface area contributed by atoms with Crippen molar-refractivity contribution in [2.75, 3.05) is 5.73 Å². The third kappa shape index (κ3) is 5.26. The molecule has 1 aromatic heterocycles. The van der Waals surface area contributed by atoms with Crippen LogP contribution in [-0.2, 0) is 6.18 Å². The maximum absolute atomic E-state index is 13.6. The Morgan fingerprint density at radius 1 is 0.927 bits per heavy atom. The van der Waals surface area contributed by atoms with Crippen LogP contribution in [0.4, 0.5) is 24.5 Å². The quantitative estimate of drug-likeness (QED) is 0.151. The third-order valence-electron chi connectivity index (χ3n) is 6.83. The lowest BCUT2D eigenvalue weighted by Gasteiger charge is -2.11. The summed E-state index contributed by atoms with van der Waals surface area (Å²) in [6, 6.07) is 18.7. The van der Waals surface area contributed by atoms with Crippen molar-refractivity contribution in [3.05, 3.63) is 106 Å². The number of aromatic nitrogens is 1. The van der Waals surface area contributed by atoms with Gasteiger partial charge >= 0.3 is 12.1 Å². The van der Waals surface area contributed by atoms with Crippen LogP contribution in [-0.4, -0.2) is 27.0 Å².